The lowest BCUT2D eigenvalue weighted by molar-refractivity contribution is -0.113. The van der Waals surface area contributed by atoms with Crippen LogP contribution in [0.2, 0.25) is 0 Å². The van der Waals surface area contributed by atoms with Crippen LogP contribution < -0.4 is 5.32 Å². The molecule has 1 aromatic carbocycles. The van der Waals surface area contributed by atoms with Crippen molar-refractivity contribution in [2.45, 2.75) is 50.1 Å². The highest BCUT2D eigenvalue weighted by Crippen LogP contribution is 2.60. The van der Waals surface area contributed by atoms with Gasteiger partial charge in [0.05, 0.1) is 5.75 Å². The number of anilines is 1. The summed E-state index contributed by atoms with van der Waals surface area (Å²) >= 11 is 1.46. The van der Waals surface area contributed by atoms with Crippen LogP contribution in [0.1, 0.15) is 44.3 Å². The SMILES string of the molecule is Cn1c(CC23CC4CC(CC(C4)C2)C3)nnc1SCC(=O)Nc1ccccc1. The van der Waals surface area contributed by atoms with E-state index >= 15 is 0 Å². The van der Waals surface area contributed by atoms with E-state index in [-0.39, 0.29) is 5.91 Å². The molecule has 6 rings (SSSR count). The molecule has 0 aliphatic heterocycles. The van der Waals surface area contributed by atoms with Crippen molar-refractivity contribution in [3.8, 4) is 0 Å². The van der Waals surface area contributed by atoms with E-state index in [4.69, 9.17) is 0 Å². The van der Waals surface area contributed by atoms with Gasteiger partial charge in [0, 0.05) is 19.2 Å². The number of benzene rings is 1. The number of aromatic nitrogens is 3. The number of hydrogen-bond acceptors (Lipinski definition) is 4. The van der Waals surface area contributed by atoms with Gasteiger partial charge in [0.15, 0.2) is 5.16 Å². The summed E-state index contributed by atoms with van der Waals surface area (Å²) in [6, 6.07) is 9.57. The highest BCUT2D eigenvalue weighted by molar-refractivity contribution is 7.99. The predicted molar refractivity (Wildman–Crippen MR) is 111 cm³/mol. The number of hydrogen-bond donors (Lipinski definition) is 1. The largest absolute Gasteiger partial charge is 0.325 e. The average Bonchev–Trinajstić information content (AvgIpc) is 2.99. The zero-order chi connectivity index (χ0) is 19.1. The van der Waals surface area contributed by atoms with Gasteiger partial charge in [-0.1, -0.05) is 30.0 Å². The Morgan fingerprint density at radius 3 is 2.39 bits per heavy atom. The van der Waals surface area contributed by atoms with Gasteiger partial charge in [-0.3, -0.25) is 4.79 Å². The molecule has 5 nitrogen and oxygen atoms in total. The fourth-order valence-corrected chi connectivity index (χ4v) is 7.05. The topological polar surface area (TPSA) is 59.8 Å². The van der Waals surface area contributed by atoms with E-state index in [1.807, 2.05) is 37.4 Å². The summed E-state index contributed by atoms with van der Waals surface area (Å²) < 4.78 is 2.11. The van der Waals surface area contributed by atoms with Gasteiger partial charge in [-0.05, 0) is 73.8 Å². The van der Waals surface area contributed by atoms with Crippen LogP contribution >= 0.6 is 11.8 Å². The molecular formula is C22H28N4OS. The molecule has 28 heavy (non-hydrogen) atoms. The third-order valence-corrected chi connectivity index (χ3v) is 8.03. The molecule has 1 amide bonds. The van der Waals surface area contributed by atoms with Gasteiger partial charge in [-0.15, -0.1) is 10.2 Å². The minimum Gasteiger partial charge on any atom is -0.325 e. The molecule has 4 aliphatic carbocycles. The number of nitrogens with zero attached hydrogens (tertiary/aromatic N) is 3. The van der Waals surface area contributed by atoms with Crippen LogP contribution in [0.3, 0.4) is 0 Å². The molecule has 0 saturated heterocycles. The molecule has 1 heterocycles. The zero-order valence-electron chi connectivity index (χ0n) is 16.4. The molecule has 0 radical (unpaired) electrons. The second-order valence-corrected chi connectivity index (χ2v) is 10.2. The fourth-order valence-electron chi connectivity index (χ4n) is 6.32. The third-order valence-electron chi connectivity index (χ3n) is 7.01. The van der Waals surface area contributed by atoms with Crippen molar-refractivity contribution in [3.63, 3.8) is 0 Å². The molecular weight excluding hydrogens is 368 g/mol. The molecule has 4 fully saturated rings. The van der Waals surface area contributed by atoms with E-state index in [1.165, 1.54) is 50.3 Å². The summed E-state index contributed by atoms with van der Waals surface area (Å²) in [6.07, 6.45) is 9.60. The standard InChI is InChI=1S/C22H28N4OS/c1-26-19(13-22-10-15-7-16(11-22)9-17(8-15)12-22)24-25-21(26)28-14-20(27)23-18-5-3-2-4-6-18/h2-6,15-17H,7-14H2,1H3,(H,23,27). The van der Waals surface area contributed by atoms with Crippen molar-refractivity contribution >= 4 is 23.4 Å². The molecule has 0 atom stereocenters. The maximum atomic E-state index is 12.2. The molecule has 4 bridgehead atoms. The van der Waals surface area contributed by atoms with Crippen LogP contribution in [0.25, 0.3) is 0 Å². The van der Waals surface area contributed by atoms with Gasteiger partial charge in [0.25, 0.3) is 0 Å². The molecule has 0 spiro atoms. The van der Waals surface area contributed by atoms with Crippen LogP contribution in [-0.4, -0.2) is 26.4 Å². The van der Waals surface area contributed by atoms with E-state index in [2.05, 4.69) is 20.1 Å². The summed E-state index contributed by atoms with van der Waals surface area (Å²) in [5.41, 5.74) is 1.29. The maximum absolute atomic E-state index is 12.2. The van der Waals surface area contributed by atoms with Gasteiger partial charge < -0.3 is 9.88 Å². The Kier molecular flexibility index (Phi) is 4.69. The second kappa shape index (κ2) is 7.21. The number of nitrogens with one attached hydrogen (secondary N) is 1. The quantitative estimate of drug-likeness (QED) is 0.740. The number of thioether (sulfide) groups is 1. The average molecular weight is 397 g/mol. The maximum Gasteiger partial charge on any atom is 0.234 e. The van der Waals surface area contributed by atoms with Gasteiger partial charge in [-0.25, -0.2) is 0 Å². The number of amides is 1. The highest BCUT2D eigenvalue weighted by Gasteiger charge is 2.51. The number of carbonyl (C=O) groups excluding carboxylic acids is 1. The summed E-state index contributed by atoms with van der Waals surface area (Å²) in [5, 5.41) is 12.7. The Morgan fingerprint density at radius 2 is 1.75 bits per heavy atom. The van der Waals surface area contributed by atoms with E-state index in [0.29, 0.717) is 11.2 Å². The lowest BCUT2D eigenvalue weighted by atomic mass is 9.49. The van der Waals surface area contributed by atoms with Gasteiger partial charge in [0.1, 0.15) is 5.82 Å². The molecule has 4 saturated carbocycles. The van der Waals surface area contributed by atoms with Gasteiger partial charge >= 0.3 is 0 Å². The van der Waals surface area contributed by atoms with Crippen molar-refractivity contribution in [2.75, 3.05) is 11.1 Å². The molecule has 6 heteroatoms. The summed E-state index contributed by atoms with van der Waals surface area (Å²) in [7, 11) is 2.05. The van der Waals surface area contributed by atoms with Crippen LogP contribution in [0.5, 0.6) is 0 Å². The minimum absolute atomic E-state index is 0.0122. The number of rotatable bonds is 6. The Bertz CT molecular complexity index is 827. The molecule has 1 N–H and O–H groups in total. The molecule has 148 valence electrons. The Hall–Kier alpha value is -1.82. The van der Waals surface area contributed by atoms with E-state index in [0.717, 1.165) is 40.8 Å². The van der Waals surface area contributed by atoms with Crippen molar-refractivity contribution in [2.24, 2.45) is 30.2 Å². The minimum atomic E-state index is -0.0122. The Labute approximate surface area is 170 Å². The Morgan fingerprint density at radius 1 is 1.11 bits per heavy atom. The normalized spacial score (nSPS) is 30.5. The molecule has 4 aliphatic rings. The van der Waals surface area contributed by atoms with Crippen molar-refractivity contribution in [1.29, 1.82) is 0 Å². The smallest absolute Gasteiger partial charge is 0.234 e. The van der Waals surface area contributed by atoms with Gasteiger partial charge in [0.2, 0.25) is 5.91 Å². The lowest BCUT2D eigenvalue weighted by Crippen LogP contribution is -2.47. The monoisotopic (exact) mass is 396 g/mol. The van der Waals surface area contributed by atoms with Crippen molar-refractivity contribution < 1.29 is 4.79 Å². The second-order valence-electron chi connectivity index (χ2n) is 9.26. The van der Waals surface area contributed by atoms with Crippen molar-refractivity contribution in [1.82, 2.24) is 14.8 Å². The predicted octanol–water partition coefficient (Wildman–Crippen LogP) is 4.30. The van der Waals surface area contributed by atoms with Crippen LogP contribution in [0.15, 0.2) is 35.5 Å². The van der Waals surface area contributed by atoms with Crippen molar-refractivity contribution in [3.05, 3.63) is 36.2 Å². The first-order valence-corrected chi connectivity index (χ1v) is 11.4. The Balaban J connectivity index is 1.21. The molecule has 0 unspecified atom stereocenters. The summed E-state index contributed by atoms with van der Waals surface area (Å²) in [4.78, 5) is 12.2. The first kappa shape index (κ1) is 18.2. The van der Waals surface area contributed by atoms with Crippen LogP contribution in [0.4, 0.5) is 5.69 Å². The molecule has 1 aromatic heterocycles. The van der Waals surface area contributed by atoms with Crippen LogP contribution in [-0.2, 0) is 18.3 Å². The van der Waals surface area contributed by atoms with E-state index in [9.17, 15) is 4.79 Å². The first-order chi connectivity index (χ1) is 13.6. The van der Waals surface area contributed by atoms with Crippen LogP contribution in [0, 0.1) is 23.2 Å². The molecule has 2 aromatic rings. The van der Waals surface area contributed by atoms with E-state index < -0.39 is 0 Å². The van der Waals surface area contributed by atoms with Gasteiger partial charge in [-0.2, -0.15) is 0 Å². The lowest BCUT2D eigenvalue weighted by Gasteiger charge is -2.56. The first-order valence-electron chi connectivity index (χ1n) is 10.4. The fraction of sp³-hybridized carbons (Fsp3) is 0.591. The van der Waals surface area contributed by atoms with E-state index in [1.54, 1.807) is 0 Å². The number of carbonyl (C=O) groups is 1. The third kappa shape index (κ3) is 3.59. The zero-order valence-corrected chi connectivity index (χ0v) is 17.3. The summed E-state index contributed by atoms with van der Waals surface area (Å²) in [5.74, 6) is 4.29. The summed E-state index contributed by atoms with van der Waals surface area (Å²) in [6.45, 7) is 0. The highest BCUT2D eigenvalue weighted by atomic mass is 32.2. The number of para-hydroxylation sites is 1.